The van der Waals surface area contributed by atoms with Crippen molar-refractivity contribution in [3.8, 4) is 0 Å². The number of hydrogen-bond donors (Lipinski definition) is 7. The predicted octanol–water partition coefficient (Wildman–Crippen LogP) is 0.281. The zero-order valence-corrected chi connectivity index (χ0v) is 22.5. The Labute approximate surface area is 218 Å². The summed E-state index contributed by atoms with van der Waals surface area (Å²) in [6, 6.07) is 6.23. The number of nitrogens with one attached hydrogen (secondary N) is 1. The second kappa shape index (κ2) is 14.6. The Hall–Kier alpha value is -1.24. The van der Waals surface area contributed by atoms with E-state index in [0.29, 0.717) is 24.8 Å². The van der Waals surface area contributed by atoms with Crippen molar-refractivity contribution in [2.45, 2.75) is 30.4 Å². The van der Waals surface area contributed by atoms with E-state index in [1.54, 1.807) is 12.1 Å². The van der Waals surface area contributed by atoms with E-state index >= 15 is 0 Å². The van der Waals surface area contributed by atoms with Crippen LogP contribution in [-0.4, -0.2) is 85.7 Å². The molecule has 1 aromatic carbocycles. The van der Waals surface area contributed by atoms with Crippen LogP contribution in [0.25, 0.3) is 0 Å². The number of amides is 1. The molecule has 36 heavy (non-hydrogen) atoms. The number of esters is 1. The number of carbonyl (C=O) groups is 2. The number of halogens is 2. The number of ether oxygens (including phenoxy) is 1. The SMILES string of the molecule is N[C@@H](Cc1ccc(N(CCCl)CCCl)cc1)C(=O)OCC(=O)NCCCC(O)(P(=O)(O)O)P(=O)(O)O. The molecule has 17 heteroatoms. The molecule has 0 aliphatic carbocycles. The zero-order valence-electron chi connectivity index (χ0n) is 19.2. The lowest BCUT2D eigenvalue weighted by Gasteiger charge is -2.29. The van der Waals surface area contributed by atoms with Crippen LogP contribution in [0.2, 0.25) is 0 Å². The van der Waals surface area contributed by atoms with Crippen molar-refractivity contribution in [3.63, 3.8) is 0 Å². The third-order valence-corrected chi connectivity index (χ3v) is 9.27. The first-order chi connectivity index (χ1) is 16.7. The van der Waals surface area contributed by atoms with Crippen molar-refractivity contribution in [1.82, 2.24) is 5.32 Å². The number of alkyl halides is 2. The van der Waals surface area contributed by atoms with Gasteiger partial charge in [-0.05, 0) is 30.5 Å². The first kappa shape index (κ1) is 32.8. The molecule has 1 atom stereocenters. The quantitative estimate of drug-likeness (QED) is 0.0594. The summed E-state index contributed by atoms with van der Waals surface area (Å²) in [5.41, 5.74) is 7.52. The van der Waals surface area contributed by atoms with E-state index in [9.17, 15) is 23.8 Å². The Bertz CT molecular complexity index is 929. The van der Waals surface area contributed by atoms with E-state index in [0.717, 1.165) is 11.3 Å². The molecular weight excluding hydrogens is 563 g/mol. The Morgan fingerprint density at radius 1 is 1.06 bits per heavy atom. The molecular formula is C19H31Cl2N3O10P2. The maximum atomic E-state index is 12.1. The molecule has 0 aliphatic rings. The summed E-state index contributed by atoms with van der Waals surface area (Å²) in [6.45, 7) is 0.242. The van der Waals surface area contributed by atoms with E-state index in [2.05, 4.69) is 5.32 Å². The summed E-state index contributed by atoms with van der Waals surface area (Å²) in [7, 11) is -11.1. The van der Waals surface area contributed by atoms with Gasteiger partial charge in [0.2, 0.25) is 0 Å². The summed E-state index contributed by atoms with van der Waals surface area (Å²) in [4.78, 5) is 62.2. The highest BCUT2D eigenvalue weighted by atomic mass is 35.5. The molecule has 0 heterocycles. The van der Waals surface area contributed by atoms with E-state index in [-0.39, 0.29) is 19.4 Å². The first-order valence-corrected chi connectivity index (χ1v) is 14.9. The number of aliphatic hydroxyl groups is 1. The summed E-state index contributed by atoms with van der Waals surface area (Å²) in [5.74, 6) is -0.746. The van der Waals surface area contributed by atoms with Crippen LogP contribution in [0.1, 0.15) is 18.4 Å². The number of hydrogen-bond acceptors (Lipinski definition) is 8. The van der Waals surface area contributed by atoms with Crippen LogP contribution in [0.5, 0.6) is 0 Å². The number of anilines is 1. The fraction of sp³-hybridized carbons (Fsp3) is 0.579. The van der Waals surface area contributed by atoms with Gasteiger partial charge in [0.15, 0.2) is 6.61 Å². The Balaban J connectivity index is 2.48. The molecule has 206 valence electrons. The molecule has 0 saturated heterocycles. The maximum absolute atomic E-state index is 12.1. The van der Waals surface area contributed by atoms with E-state index in [1.165, 1.54) is 0 Å². The molecule has 0 unspecified atom stereocenters. The van der Waals surface area contributed by atoms with Gasteiger partial charge in [-0.25, -0.2) is 0 Å². The van der Waals surface area contributed by atoms with Gasteiger partial charge in [-0.1, -0.05) is 12.1 Å². The average molecular weight is 594 g/mol. The third kappa shape index (κ3) is 9.90. The average Bonchev–Trinajstić information content (AvgIpc) is 2.79. The number of rotatable bonds is 16. The molecule has 0 aliphatic heterocycles. The van der Waals surface area contributed by atoms with Gasteiger partial charge < -0.3 is 45.4 Å². The molecule has 0 aromatic heterocycles. The highest BCUT2D eigenvalue weighted by molar-refractivity contribution is 7.72. The van der Waals surface area contributed by atoms with Crippen molar-refractivity contribution in [2.24, 2.45) is 5.73 Å². The molecule has 1 rings (SSSR count). The van der Waals surface area contributed by atoms with Gasteiger partial charge in [0, 0.05) is 43.5 Å². The highest BCUT2D eigenvalue weighted by Gasteiger charge is 2.58. The lowest BCUT2D eigenvalue weighted by Crippen LogP contribution is -2.38. The monoisotopic (exact) mass is 593 g/mol. The highest BCUT2D eigenvalue weighted by Crippen LogP contribution is 2.69. The standard InChI is InChI=1S/C19H31Cl2N3O10P2/c20-7-10-24(11-8-21)15-4-2-14(3-5-15)12-16(22)18(26)34-13-17(25)23-9-1-6-19(27,35(28,29)30)36(31,32)33/h2-5,16,27H,1,6-13,22H2,(H,23,25)(H2,28,29,30)(H2,31,32,33)/t16-/m0/s1. The summed E-state index contributed by atoms with van der Waals surface area (Å²) >= 11 is 11.6. The van der Waals surface area contributed by atoms with Crippen molar-refractivity contribution in [3.05, 3.63) is 29.8 Å². The fourth-order valence-electron chi connectivity index (χ4n) is 3.06. The fourth-order valence-corrected chi connectivity index (χ4v) is 5.73. The van der Waals surface area contributed by atoms with E-state index < -0.39 is 51.2 Å². The first-order valence-electron chi connectivity index (χ1n) is 10.6. The second-order valence-electron chi connectivity index (χ2n) is 7.77. The van der Waals surface area contributed by atoms with E-state index in [1.807, 2.05) is 17.0 Å². The van der Waals surface area contributed by atoms with Gasteiger partial charge in [-0.3, -0.25) is 18.7 Å². The Kier molecular flexibility index (Phi) is 13.3. The number of carbonyl (C=O) groups excluding carboxylic acids is 2. The molecule has 0 bridgehead atoms. The van der Waals surface area contributed by atoms with Crippen LogP contribution in [0.4, 0.5) is 5.69 Å². The molecule has 0 radical (unpaired) electrons. The van der Waals surface area contributed by atoms with Crippen molar-refractivity contribution < 1.29 is 48.1 Å². The molecule has 0 saturated carbocycles. The van der Waals surface area contributed by atoms with Crippen molar-refractivity contribution in [1.29, 1.82) is 0 Å². The summed E-state index contributed by atoms with van der Waals surface area (Å²) in [5, 5.41) is 8.44. The largest absolute Gasteiger partial charge is 0.454 e. The van der Waals surface area contributed by atoms with Gasteiger partial charge in [0.1, 0.15) is 6.04 Å². The lowest BCUT2D eigenvalue weighted by molar-refractivity contribution is -0.149. The molecule has 1 amide bonds. The van der Waals surface area contributed by atoms with Crippen LogP contribution < -0.4 is 16.0 Å². The van der Waals surface area contributed by atoms with Crippen LogP contribution in [0, 0.1) is 0 Å². The summed E-state index contributed by atoms with van der Waals surface area (Å²) < 4.78 is 27.4. The minimum atomic E-state index is -5.57. The van der Waals surface area contributed by atoms with E-state index in [4.69, 9.17) is 53.2 Å². The predicted molar refractivity (Wildman–Crippen MR) is 134 cm³/mol. The van der Waals surface area contributed by atoms with Gasteiger partial charge >= 0.3 is 21.2 Å². The Morgan fingerprint density at radius 2 is 1.58 bits per heavy atom. The normalized spacial score (nSPS) is 13.2. The molecule has 0 fully saturated rings. The van der Waals surface area contributed by atoms with Crippen LogP contribution in [0.15, 0.2) is 24.3 Å². The molecule has 1 aromatic rings. The van der Waals surface area contributed by atoms with Gasteiger partial charge in [0.25, 0.3) is 11.0 Å². The minimum Gasteiger partial charge on any atom is -0.454 e. The van der Waals surface area contributed by atoms with Crippen molar-refractivity contribution >= 4 is 56.0 Å². The number of benzene rings is 1. The molecule has 13 nitrogen and oxygen atoms in total. The lowest BCUT2D eigenvalue weighted by atomic mass is 10.1. The second-order valence-corrected chi connectivity index (χ2v) is 12.5. The smallest absolute Gasteiger partial charge is 0.369 e. The van der Waals surface area contributed by atoms with Crippen LogP contribution in [-0.2, 0) is 29.9 Å². The van der Waals surface area contributed by atoms with Crippen LogP contribution >= 0.6 is 38.4 Å². The number of nitrogens with two attached hydrogens (primary N) is 1. The van der Waals surface area contributed by atoms with Gasteiger partial charge in [0.05, 0.1) is 0 Å². The van der Waals surface area contributed by atoms with Crippen molar-refractivity contribution in [2.75, 3.05) is 42.9 Å². The number of nitrogens with zero attached hydrogens (tertiary/aromatic N) is 1. The Morgan fingerprint density at radius 3 is 2.06 bits per heavy atom. The maximum Gasteiger partial charge on any atom is 0.369 e. The van der Waals surface area contributed by atoms with Gasteiger partial charge in [-0.2, -0.15) is 0 Å². The molecule has 0 spiro atoms. The minimum absolute atomic E-state index is 0.148. The summed E-state index contributed by atoms with van der Waals surface area (Å²) in [6.07, 6.45) is -1.22. The zero-order chi connectivity index (χ0) is 27.6. The third-order valence-electron chi connectivity index (χ3n) is 5.06. The van der Waals surface area contributed by atoms with Gasteiger partial charge in [-0.15, -0.1) is 23.2 Å². The topological polar surface area (TPSA) is 220 Å². The molecule has 8 N–H and O–H groups in total. The van der Waals surface area contributed by atoms with Crippen LogP contribution in [0.3, 0.4) is 0 Å².